The Kier molecular flexibility index (Phi) is 6.21. The highest BCUT2D eigenvalue weighted by Crippen LogP contribution is 2.32. The fourth-order valence-electron chi connectivity index (χ4n) is 3.20. The Morgan fingerprint density at radius 2 is 1.91 bits per heavy atom. The predicted molar refractivity (Wildman–Crippen MR) is 118 cm³/mol. The molecule has 9 heteroatoms. The molecule has 0 aliphatic carbocycles. The van der Waals surface area contributed by atoms with Crippen LogP contribution in [0.2, 0.25) is 5.02 Å². The molecule has 0 atom stereocenters. The first kappa shape index (κ1) is 21.6. The Morgan fingerprint density at radius 1 is 1.12 bits per heavy atom. The number of halogens is 1. The number of hydrogen-bond acceptors (Lipinski definition) is 7. The summed E-state index contributed by atoms with van der Waals surface area (Å²) in [5.74, 6) is 2.28. The number of nitrogens with zero attached hydrogens (tertiary/aromatic N) is 5. The standard InChI is InChI=1S/C23H20ClN5O3/c1-14-22(15(2)29(28-14)18-7-4-17(13-25)20(24)12-18)31-19-8-5-16(6-9-19)23-27-26-21(32-23)10-11-30-3/h4-9,12H,10-11H2,1-3H3. The van der Waals surface area contributed by atoms with E-state index in [-0.39, 0.29) is 0 Å². The highest BCUT2D eigenvalue weighted by atomic mass is 35.5. The van der Waals surface area contributed by atoms with Crippen molar-refractivity contribution in [1.82, 2.24) is 20.0 Å². The Morgan fingerprint density at radius 3 is 2.59 bits per heavy atom. The molecular formula is C23H20ClN5O3. The van der Waals surface area contributed by atoms with Crippen LogP contribution in [0.3, 0.4) is 0 Å². The fraction of sp³-hybridized carbons (Fsp3) is 0.217. The molecule has 162 valence electrons. The van der Waals surface area contributed by atoms with Gasteiger partial charge in [0.05, 0.1) is 28.6 Å². The summed E-state index contributed by atoms with van der Waals surface area (Å²) >= 11 is 6.18. The summed E-state index contributed by atoms with van der Waals surface area (Å²) in [5, 5.41) is 22.1. The molecule has 2 heterocycles. The number of rotatable bonds is 7. The van der Waals surface area contributed by atoms with Gasteiger partial charge in [0.15, 0.2) is 5.75 Å². The third-order valence-corrected chi connectivity index (χ3v) is 5.16. The van der Waals surface area contributed by atoms with Crippen LogP contribution in [-0.2, 0) is 11.2 Å². The summed E-state index contributed by atoms with van der Waals surface area (Å²) < 4.78 is 18.5. The van der Waals surface area contributed by atoms with Crippen LogP contribution < -0.4 is 4.74 Å². The maximum absolute atomic E-state index is 9.08. The molecule has 0 saturated carbocycles. The van der Waals surface area contributed by atoms with Crippen molar-refractivity contribution in [3.63, 3.8) is 0 Å². The van der Waals surface area contributed by atoms with E-state index in [0.717, 1.165) is 22.6 Å². The van der Waals surface area contributed by atoms with Crippen LogP contribution in [0.1, 0.15) is 22.8 Å². The van der Waals surface area contributed by atoms with Gasteiger partial charge in [0, 0.05) is 19.1 Å². The van der Waals surface area contributed by atoms with Crippen molar-refractivity contribution in [3.05, 3.63) is 70.3 Å². The molecule has 2 aromatic heterocycles. The van der Waals surface area contributed by atoms with Crippen LogP contribution in [0.5, 0.6) is 11.5 Å². The molecule has 2 aromatic carbocycles. The number of hydrogen-bond donors (Lipinski definition) is 0. The van der Waals surface area contributed by atoms with Gasteiger partial charge in [0.2, 0.25) is 11.8 Å². The van der Waals surface area contributed by atoms with E-state index in [1.165, 1.54) is 0 Å². The van der Waals surface area contributed by atoms with Crippen LogP contribution >= 0.6 is 11.6 Å². The first-order chi connectivity index (χ1) is 15.5. The first-order valence-corrected chi connectivity index (χ1v) is 10.2. The summed E-state index contributed by atoms with van der Waals surface area (Å²) in [4.78, 5) is 0. The monoisotopic (exact) mass is 449 g/mol. The van der Waals surface area contributed by atoms with Crippen molar-refractivity contribution in [2.24, 2.45) is 0 Å². The van der Waals surface area contributed by atoms with Gasteiger partial charge in [-0.3, -0.25) is 0 Å². The van der Waals surface area contributed by atoms with Gasteiger partial charge in [-0.15, -0.1) is 10.2 Å². The highest BCUT2D eigenvalue weighted by Gasteiger charge is 2.16. The number of ether oxygens (including phenoxy) is 2. The fourth-order valence-corrected chi connectivity index (χ4v) is 3.42. The molecule has 0 bridgehead atoms. The third-order valence-electron chi connectivity index (χ3n) is 4.85. The largest absolute Gasteiger partial charge is 0.453 e. The molecule has 4 aromatic rings. The first-order valence-electron chi connectivity index (χ1n) is 9.86. The zero-order chi connectivity index (χ0) is 22.7. The van der Waals surface area contributed by atoms with Gasteiger partial charge in [-0.05, 0) is 56.3 Å². The number of benzene rings is 2. The summed E-state index contributed by atoms with van der Waals surface area (Å²) in [7, 11) is 1.63. The topological polar surface area (TPSA) is 99.0 Å². The number of nitriles is 1. The summed E-state index contributed by atoms with van der Waals surface area (Å²) in [5.41, 5.74) is 3.50. The van der Waals surface area contributed by atoms with Gasteiger partial charge in [0.25, 0.3) is 0 Å². The van der Waals surface area contributed by atoms with E-state index in [1.54, 1.807) is 30.0 Å². The number of methoxy groups -OCH3 is 1. The van der Waals surface area contributed by atoms with Crippen molar-refractivity contribution in [1.29, 1.82) is 5.26 Å². The maximum Gasteiger partial charge on any atom is 0.247 e. The minimum Gasteiger partial charge on any atom is -0.453 e. The van der Waals surface area contributed by atoms with Gasteiger partial charge in [-0.1, -0.05) is 11.6 Å². The molecule has 8 nitrogen and oxygen atoms in total. The van der Waals surface area contributed by atoms with Crippen LogP contribution in [-0.4, -0.2) is 33.7 Å². The smallest absolute Gasteiger partial charge is 0.247 e. The second kappa shape index (κ2) is 9.22. The molecule has 0 radical (unpaired) electrons. The quantitative estimate of drug-likeness (QED) is 0.389. The van der Waals surface area contributed by atoms with Gasteiger partial charge in [0.1, 0.15) is 17.5 Å². The molecule has 0 aliphatic heterocycles. The van der Waals surface area contributed by atoms with Gasteiger partial charge in [-0.25, -0.2) is 4.68 Å². The Labute approximate surface area is 190 Å². The maximum atomic E-state index is 9.08. The van der Waals surface area contributed by atoms with Crippen molar-refractivity contribution >= 4 is 11.6 Å². The SMILES string of the molecule is COCCc1nnc(-c2ccc(Oc3c(C)nn(-c4ccc(C#N)c(Cl)c4)c3C)cc2)o1. The van der Waals surface area contributed by atoms with Crippen molar-refractivity contribution in [2.45, 2.75) is 20.3 Å². The van der Waals surface area contributed by atoms with E-state index < -0.39 is 0 Å². The lowest BCUT2D eigenvalue weighted by atomic mass is 10.2. The number of aromatic nitrogens is 4. The van der Waals surface area contributed by atoms with Crippen molar-refractivity contribution in [3.8, 4) is 34.7 Å². The Balaban J connectivity index is 1.54. The second-order valence-electron chi connectivity index (χ2n) is 7.06. The lowest BCUT2D eigenvalue weighted by molar-refractivity contribution is 0.195. The Bertz CT molecular complexity index is 1290. The summed E-state index contributed by atoms with van der Waals surface area (Å²) in [6.45, 7) is 4.31. The molecule has 0 saturated heterocycles. The Hall–Kier alpha value is -3.67. The molecule has 0 spiro atoms. The molecule has 0 amide bonds. The molecule has 4 rings (SSSR count). The molecule has 0 fully saturated rings. The molecule has 0 aliphatic rings. The van der Waals surface area contributed by atoms with Gasteiger partial charge < -0.3 is 13.9 Å². The van der Waals surface area contributed by atoms with Crippen molar-refractivity contribution < 1.29 is 13.9 Å². The predicted octanol–water partition coefficient (Wildman–Crippen LogP) is 5.05. The van der Waals surface area contributed by atoms with Crippen LogP contribution in [0.25, 0.3) is 17.1 Å². The van der Waals surface area contributed by atoms with Crippen LogP contribution in [0.15, 0.2) is 46.9 Å². The van der Waals surface area contributed by atoms with E-state index in [4.69, 9.17) is 30.8 Å². The molecular weight excluding hydrogens is 430 g/mol. The van der Waals surface area contributed by atoms with Crippen LogP contribution in [0, 0.1) is 25.2 Å². The zero-order valence-electron chi connectivity index (χ0n) is 17.8. The van der Waals surface area contributed by atoms with Crippen LogP contribution in [0.4, 0.5) is 0 Å². The molecule has 0 N–H and O–H groups in total. The zero-order valence-corrected chi connectivity index (χ0v) is 18.6. The highest BCUT2D eigenvalue weighted by molar-refractivity contribution is 6.31. The van der Waals surface area contributed by atoms with E-state index in [0.29, 0.717) is 46.9 Å². The molecule has 32 heavy (non-hydrogen) atoms. The third kappa shape index (κ3) is 4.35. The summed E-state index contributed by atoms with van der Waals surface area (Å²) in [6, 6.07) is 14.6. The minimum absolute atomic E-state index is 0.377. The average molecular weight is 450 g/mol. The van der Waals surface area contributed by atoms with Gasteiger partial charge >= 0.3 is 0 Å². The van der Waals surface area contributed by atoms with Crippen molar-refractivity contribution in [2.75, 3.05) is 13.7 Å². The second-order valence-corrected chi connectivity index (χ2v) is 7.47. The van der Waals surface area contributed by atoms with E-state index in [9.17, 15) is 0 Å². The minimum atomic E-state index is 0.377. The molecule has 0 unspecified atom stereocenters. The van der Waals surface area contributed by atoms with E-state index >= 15 is 0 Å². The average Bonchev–Trinajstić information content (AvgIpc) is 3.38. The normalized spacial score (nSPS) is 10.8. The summed E-state index contributed by atoms with van der Waals surface area (Å²) in [6.07, 6.45) is 0.567. The lowest BCUT2D eigenvalue weighted by Gasteiger charge is -2.08. The lowest BCUT2D eigenvalue weighted by Crippen LogP contribution is -1.99. The van der Waals surface area contributed by atoms with E-state index in [2.05, 4.69) is 21.4 Å². The van der Waals surface area contributed by atoms with Gasteiger partial charge in [-0.2, -0.15) is 10.4 Å². The number of aryl methyl sites for hydroxylation is 1. The van der Waals surface area contributed by atoms with E-state index in [1.807, 2.05) is 38.1 Å².